The van der Waals surface area contributed by atoms with Gasteiger partial charge in [0.15, 0.2) is 5.78 Å². The number of hydrogen-bond donors (Lipinski definition) is 0. The Balaban J connectivity index is 1.88. The van der Waals surface area contributed by atoms with E-state index in [-0.39, 0.29) is 6.04 Å². The van der Waals surface area contributed by atoms with E-state index in [4.69, 9.17) is 0 Å². The Hall–Kier alpha value is -0.410. The maximum absolute atomic E-state index is 12.5. The van der Waals surface area contributed by atoms with Crippen LogP contribution in [0.25, 0.3) is 0 Å². The summed E-state index contributed by atoms with van der Waals surface area (Å²) in [5.41, 5.74) is 0. The van der Waals surface area contributed by atoms with Gasteiger partial charge in [0, 0.05) is 13.0 Å². The second-order valence-electron chi connectivity index (χ2n) is 6.29. The molecule has 1 atom stereocenters. The summed E-state index contributed by atoms with van der Waals surface area (Å²) in [5.74, 6) is 1.16. The molecule has 1 saturated heterocycles. The summed E-state index contributed by atoms with van der Waals surface area (Å²) in [7, 11) is 4.25. The van der Waals surface area contributed by atoms with E-state index >= 15 is 0 Å². The zero-order valence-electron chi connectivity index (χ0n) is 12.0. The Morgan fingerprint density at radius 2 is 1.78 bits per heavy atom. The third-order valence-corrected chi connectivity index (χ3v) is 4.65. The molecule has 0 aromatic rings. The average Bonchev–Trinajstić information content (AvgIpc) is 2.52. The first-order chi connectivity index (χ1) is 8.66. The summed E-state index contributed by atoms with van der Waals surface area (Å²) in [5, 5.41) is 0. The second-order valence-corrected chi connectivity index (χ2v) is 6.29. The summed E-state index contributed by atoms with van der Waals surface area (Å²) >= 11 is 0. The average molecular weight is 252 g/mol. The fourth-order valence-electron chi connectivity index (χ4n) is 3.43. The Labute approximate surface area is 112 Å². The van der Waals surface area contributed by atoms with Crippen molar-refractivity contribution >= 4 is 5.78 Å². The van der Waals surface area contributed by atoms with Gasteiger partial charge in [0.05, 0.1) is 6.04 Å². The summed E-state index contributed by atoms with van der Waals surface area (Å²) in [6.07, 6.45) is 8.59. The van der Waals surface area contributed by atoms with E-state index in [1.807, 2.05) is 0 Å². The monoisotopic (exact) mass is 252 g/mol. The van der Waals surface area contributed by atoms with Crippen molar-refractivity contribution in [1.29, 1.82) is 0 Å². The van der Waals surface area contributed by atoms with Crippen LogP contribution in [0.2, 0.25) is 0 Å². The van der Waals surface area contributed by atoms with Crippen molar-refractivity contribution in [2.24, 2.45) is 5.92 Å². The van der Waals surface area contributed by atoms with Gasteiger partial charge in [-0.05, 0) is 39.5 Å². The summed E-state index contributed by atoms with van der Waals surface area (Å²) in [6.45, 7) is 3.10. The number of rotatable bonds is 3. The van der Waals surface area contributed by atoms with Crippen LogP contribution in [0, 0.1) is 5.92 Å². The van der Waals surface area contributed by atoms with Gasteiger partial charge >= 0.3 is 0 Å². The Bertz CT molecular complexity index is 274. The van der Waals surface area contributed by atoms with Crippen molar-refractivity contribution in [2.75, 3.05) is 33.7 Å². The van der Waals surface area contributed by atoms with Gasteiger partial charge in [-0.2, -0.15) is 0 Å². The molecule has 1 heterocycles. The SMILES string of the molecule is CN1CCCN(C)C(C(=O)CC2CCCCC2)C1. The van der Waals surface area contributed by atoms with E-state index in [0.717, 1.165) is 26.1 Å². The summed E-state index contributed by atoms with van der Waals surface area (Å²) in [6, 6.07) is 0.138. The maximum atomic E-state index is 12.5. The normalized spacial score (nSPS) is 29.1. The number of carbonyl (C=O) groups excluding carboxylic acids is 1. The van der Waals surface area contributed by atoms with Crippen molar-refractivity contribution in [3.05, 3.63) is 0 Å². The first-order valence-electron chi connectivity index (χ1n) is 7.58. The predicted octanol–water partition coefficient (Wildman–Crippen LogP) is 2.16. The maximum Gasteiger partial charge on any atom is 0.151 e. The minimum Gasteiger partial charge on any atom is -0.304 e. The highest BCUT2D eigenvalue weighted by molar-refractivity contribution is 5.84. The molecule has 0 aromatic heterocycles. The van der Waals surface area contributed by atoms with Gasteiger partial charge < -0.3 is 4.90 Å². The van der Waals surface area contributed by atoms with Gasteiger partial charge in [-0.25, -0.2) is 0 Å². The number of ketones is 1. The molecule has 1 unspecified atom stereocenters. The molecule has 2 aliphatic rings. The molecule has 1 saturated carbocycles. The van der Waals surface area contributed by atoms with E-state index in [1.165, 1.54) is 38.5 Å². The van der Waals surface area contributed by atoms with Gasteiger partial charge in [0.1, 0.15) is 0 Å². The Morgan fingerprint density at radius 3 is 2.50 bits per heavy atom. The van der Waals surface area contributed by atoms with Crippen molar-refractivity contribution < 1.29 is 4.79 Å². The van der Waals surface area contributed by atoms with Crippen molar-refractivity contribution in [3.63, 3.8) is 0 Å². The summed E-state index contributed by atoms with van der Waals surface area (Å²) in [4.78, 5) is 17.1. The molecule has 2 rings (SSSR count). The van der Waals surface area contributed by atoms with Crippen LogP contribution >= 0.6 is 0 Å². The van der Waals surface area contributed by atoms with Gasteiger partial charge in [-0.15, -0.1) is 0 Å². The molecule has 1 aliphatic heterocycles. The number of nitrogens with zero attached hydrogens (tertiary/aromatic N) is 2. The molecule has 104 valence electrons. The molecular weight excluding hydrogens is 224 g/mol. The fourth-order valence-corrected chi connectivity index (χ4v) is 3.43. The predicted molar refractivity (Wildman–Crippen MR) is 74.7 cm³/mol. The molecule has 3 heteroatoms. The van der Waals surface area contributed by atoms with Gasteiger partial charge in [0.25, 0.3) is 0 Å². The van der Waals surface area contributed by atoms with Crippen molar-refractivity contribution in [3.8, 4) is 0 Å². The highest BCUT2D eigenvalue weighted by atomic mass is 16.1. The number of likely N-dealkylation sites (N-methyl/N-ethyl adjacent to an activating group) is 2. The molecule has 3 nitrogen and oxygen atoms in total. The first kappa shape index (κ1) is 14.0. The zero-order chi connectivity index (χ0) is 13.0. The lowest BCUT2D eigenvalue weighted by Crippen LogP contribution is -2.44. The van der Waals surface area contributed by atoms with Gasteiger partial charge in [0.2, 0.25) is 0 Å². The lowest BCUT2D eigenvalue weighted by atomic mass is 9.84. The Kier molecular flexibility index (Phi) is 5.19. The van der Waals surface area contributed by atoms with E-state index in [0.29, 0.717) is 11.7 Å². The zero-order valence-corrected chi connectivity index (χ0v) is 12.0. The van der Waals surface area contributed by atoms with Crippen molar-refractivity contribution in [1.82, 2.24) is 9.80 Å². The smallest absolute Gasteiger partial charge is 0.151 e. The van der Waals surface area contributed by atoms with Crippen LogP contribution in [0.15, 0.2) is 0 Å². The lowest BCUT2D eigenvalue weighted by molar-refractivity contribution is -0.125. The molecule has 0 aromatic carbocycles. The number of carbonyl (C=O) groups is 1. The molecule has 18 heavy (non-hydrogen) atoms. The van der Waals surface area contributed by atoms with E-state index in [2.05, 4.69) is 23.9 Å². The van der Waals surface area contributed by atoms with Crippen LogP contribution in [-0.2, 0) is 4.79 Å². The fraction of sp³-hybridized carbons (Fsp3) is 0.933. The van der Waals surface area contributed by atoms with Gasteiger partial charge in [-0.3, -0.25) is 9.69 Å². The van der Waals surface area contributed by atoms with E-state index in [1.54, 1.807) is 0 Å². The van der Waals surface area contributed by atoms with Crippen LogP contribution in [0.4, 0.5) is 0 Å². The standard InChI is InChI=1S/C15H28N2O/c1-16-9-6-10-17(2)14(12-16)15(18)11-13-7-4-3-5-8-13/h13-14H,3-12H2,1-2H3. The van der Waals surface area contributed by atoms with Crippen LogP contribution in [0.3, 0.4) is 0 Å². The first-order valence-corrected chi connectivity index (χ1v) is 7.58. The van der Waals surface area contributed by atoms with E-state index in [9.17, 15) is 4.79 Å². The lowest BCUT2D eigenvalue weighted by Gasteiger charge is -2.28. The van der Waals surface area contributed by atoms with Crippen LogP contribution < -0.4 is 0 Å². The summed E-state index contributed by atoms with van der Waals surface area (Å²) < 4.78 is 0. The molecule has 0 N–H and O–H groups in total. The van der Waals surface area contributed by atoms with Crippen molar-refractivity contribution in [2.45, 2.75) is 51.0 Å². The number of hydrogen-bond acceptors (Lipinski definition) is 3. The van der Waals surface area contributed by atoms with E-state index < -0.39 is 0 Å². The van der Waals surface area contributed by atoms with Crippen LogP contribution in [0.5, 0.6) is 0 Å². The minimum absolute atomic E-state index is 0.138. The molecule has 1 aliphatic carbocycles. The second kappa shape index (κ2) is 6.67. The third-order valence-electron chi connectivity index (χ3n) is 4.65. The largest absolute Gasteiger partial charge is 0.304 e. The third kappa shape index (κ3) is 3.79. The molecule has 0 bridgehead atoms. The van der Waals surface area contributed by atoms with Gasteiger partial charge in [-0.1, -0.05) is 32.1 Å². The Morgan fingerprint density at radius 1 is 1.06 bits per heavy atom. The quantitative estimate of drug-likeness (QED) is 0.769. The molecule has 2 fully saturated rings. The highest BCUT2D eigenvalue weighted by Crippen LogP contribution is 2.27. The minimum atomic E-state index is 0.138. The topological polar surface area (TPSA) is 23.6 Å². The number of Topliss-reactive ketones (excluding diaryl/α,β-unsaturated/α-hetero) is 1. The van der Waals surface area contributed by atoms with Crippen LogP contribution in [0.1, 0.15) is 44.9 Å². The molecule has 0 amide bonds. The van der Waals surface area contributed by atoms with Crippen LogP contribution in [-0.4, -0.2) is 55.4 Å². The molecule has 0 spiro atoms. The molecule has 0 radical (unpaired) electrons. The highest BCUT2D eigenvalue weighted by Gasteiger charge is 2.28. The molecular formula is C15H28N2O.